The van der Waals surface area contributed by atoms with Crippen LogP contribution in [0, 0.1) is 0 Å². The summed E-state index contributed by atoms with van der Waals surface area (Å²) in [5.74, 6) is 0.656. The van der Waals surface area contributed by atoms with E-state index in [9.17, 15) is 9.59 Å². The summed E-state index contributed by atoms with van der Waals surface area (Å²) in [6.07, 6.45) is 0. The number of para-hydroxylation sites is 1. The second-order valence-electron chi connectivity index (χ2n) is 6.96. The Balaban J connectivity index is 1.28. The van der Waals surface area contributed by atoms with Gasteiger partial charge in [-0.3, -0.25) is 4.79 Å². The first-order valence-electron chi connectivity index (χ1n) is 9.67. The third-order valence-electron chi connectivity index (χ3n) is 5.02. The molecule has 3 amide bonds. The molecule has 6 nitrogen and oxygen atoms in total. The fourth-order valence-corrected chi connectivity index (χ4v) is 3.49. The van der Waals surface area contributed by atoms with Crippen molar-refractivity contribution in [3.63, 3.8) is 0 Å². The summed E-state index contributed by atoms with van der Waals surface area (Å²) >= 11 is 0. The van der Waals surface area contributed by atoms with Crippen LogP contribution in [0.3, 0.4) is 0 Å². The molecule has 0 aliphatic carbocycles. The highest BCUT2D eigenvalue weighted by Crippen LogP contribution is 2.22. The van der Waals surface area contributed by atoms with Gasteiger partial charge in [-0.05, 0) is 22.4 Å². The van der Waals surface area contributed by atoms with Gasteiger partial charge >= 0.3 is 6.03 Å². The van der Waals surface area contributed by atoms with Crippen molar-refractivity contribution in [2.24, 2.45) is 0 Å². The third kappa shape index (κ3) is 4.48. The van der Waals surface area contributed by atoms with Gasteiger partial charge in [-0.15, -0.1) is 0 Å². The minimum atomic E-state index is -0.253. The van der Waals surface area contributed by atoms with E-state index in [0.29, 0.717) is 26.2 Å². The molecule has 0 bridgehead atoms. The molecular weight excluding hydrogens is 366 g/mol. The van der Waals surface area contributed by atoms with Crippen LogP contribution in [0.1, 0.15) is 11.1 Å². The van der Waals surface area contributed by atoms with E-state index < -0.39 is 0 Å². The first-order valence-corrected chi connectivity index (χ1v) is 9.67. The number of fused-ring (bicyclic) bond motifs is 2. The summed E-state index contributed by atoms with van der Waals surface area (Å²) in [5.41, 5.74) is 2.04. The Morgan fingerprint density at radius 1 is 0.966 bits per heavy atom. The standard InChI is InChI=1S/C23H23N3O3/c27-22-16-29-21-11-4-2-7-19(21)15-26(22)13-12-24-23(28)25-14-18-9-5-8-17-6-1-3-10-20(17)18/h1-11H,12-16H2,(H2,24,25,28). The molecule has 29 heavy (non-hydrogen) atoms. The van der Waals surface area contributed by atoms with Crippen molar-refractivity contribution in [2.75, 3.05) is 19.7 Å². The predicted octanol–water partition coefficient (Wildman–Crippen LogP) is 3.06. The van der Waals surface area contributed by atoms with Crippen LogP contribution in [-0.2, 0) is 17.9 Å². The van der Waals surface area contributed by atoms with Crippen LogP contribution in [0.4, 0.5) is 4.79 Å². The van der Waals surface area contributed by atoms with Gasteiger partial charge in [-0.25, -0.2) is 4.79 Å². The number of nitrogens with zero attached hydrogens (tertiary/aromatic N) is 1. The molecule has 1 aliphatic rings. The van der Waals surface area contributed by atoms with Crippen molar-refractivity contribution in [3.05, 3.63) is 77.9 Å². The first-order chi connectivity index (χ1) is 14.2. The normalized spacial score (nSPS) is 13.4. The molecule has 0 fully saturated rings. The summed E-state index contributed by atoms with van der Waals surface area (Å²) in [5, 5.41) is 7.99. The van der Waals surface area contributed by atoms with Crippen LogP contribution in [0.2, 0.25) is 0 Å². The lowest BCUT2D eigenvalue weighted by Crippen LogP contribution is -2.42. The maximum absolute atomic E-state index is 12.3. The van der Waals surface area contributed by atoms with Crippen molar-refractivity contribution in [1.29, 1.82) is 0 Å². The number of amides is 3. The van der Waals surface area contributed by atoms with Crippen LogP contribution in [0.15, 0.2) is 66.7 Å². The first kappa shape index (κ1) is 18.8. The molecule has 0 aromatic heterocycles. The quantitative estimate of drug-likeness (QED) is 0.705. The summed E-state index contributed by atoms with van der Waals surface area (Å²) in [4.78, 5) is 26.2. The topological polar surface area (TPSA) is 70.7 Å². The Morgan fingerprint density at radius 3 is 2.69 bits per heavy atom. The number of hydrogen-bond donors (Lipinski definition) is 2. The van der Waals surface area contributed by atoms with Gasteiger partial charge < -0.3 is 20.3 Å². The Labute approximate surface area is 169 Å². The second-order valence-corrected chi connectivity index (χ2v) is 6.96. The molecule has 0 atom stereocenters. The van der Waals surface area contributed by atoms with E-state index >= 15 is 0 Å². The number of ether oxygens (including phenoxy) is 1. The molecule has 1 heterocycles. The monoisotopic (exact) mass is 389 g/mol. The lowest BCUT2D eigenvalue weighted by molar-refractivity contribution is -0.133. The van der Waals surface area contributed by atoms with Crippen LogP contribution >= 0.6 is 0 Å². The summed E-state index contributed by atoms with van der Waals surface area (Å²) < 4.78 is 5.55. The van der Waals surface area contributed by atoms with Gasteiger partial charge in [0.1, 0.15) is 5.75 Å². The van der Waals surface area contributed by atoms with Gasteiger partial charge in [0.2, 0.25) is 0 Å². The molecule has 4 rings (SSSR count). The largest absolute Gasteiger partial charge is 0.483 e. The number of benzene rings is 3. The highest BCUT2D eigenvalue weighted by molar-refractivity contribution is 5.86. The maximum atomic E-state index is 12.3. The maximum Gasteiger partial charge on any atom is 0.315 e. The number of urea groups is 1. The van der Waals surface area contributed by atoms with Crippen molar-refractivity contribution < 1.29 is 14.3 Å². The molecule has 0 spiro atoms. The molecule has 0 saturated heterocycles. The zero-order valence-corrected chi connectivity index (χ0v) is 16.1. The fraction of sp³-hybridized carbons (Fsp3) is 0.217. The number of rotatable bonds is 5. The van der Waals surface area contributed by atoms with E-state index in [-0.39, 0.29) is 18.5 Å². The van der Waals surface area contributed by atoms with E-state index in [4.69, 9.17) is 4.74 Å². The number of nitrogens with one attached hydrogen (secondary N) is 2. The zero-order chi connectivity index (χ0) is 20.1. The van der Waals surface area contributed by atoms with Crippen LogP contribution in [0.25, 0.3) is 10.8 Å². The fourth-order valence-electron chi connectivity index (χ4n) is 3.49. The van der Waals surface area contributed by atoms with Crippen molar-refractivity contribution >= 4 is 22.7 Å². The van der Waals surface area contributed by atoms with Crippen molar-refractivity contribution in [2.45, 2.75) is 13.1 Å². The van der Waals surface area contributed by atoms with Gasteiger partial charge in [0.15, 0.2) is 6.61 Å². The van der Waals surface area contributed by atoms with Crippen molar-refractivity contribution in [1.82, 2.24) is 15.5 Å². The van der Waals surface area contributed by atoms with Gasteiger partial charge in [0, 0.05) is 31.7 Å². The summed E-state index contributed by atoms with van der Waals surface area (Å²) in [7, 11) is 0. The highest BCUT2D eigenvalue weighted by Gasteiger charge is 2.20. The lowest BCUT2D eigenvalue weighted by Gasteiger charge is -2.20. The molecule has 148 valence electrons. The van der Waals surface area contributed by atoms with Crippen LogP contribution in [0.5, 0.6) is 5.75 Å². The molecule has 0 saturated carbocycles. The van der Waals surface area contributed by atoms with Gasteiger partial charge in [-0.2, -0.15) is 0 Å². The van der Waals surface area contributed by atoms with Gasteiger partial charge in [-0.1, -0.05) is 60.7 Å². The van der Waals surface area contributed by atoms with E-state index in [0.717, 1.165) is 27.6 Å². The smallest absolute Gasteiger partial charge is 0.315 e. The highest BCUT2D eigenvalue weighted by atomic mass is 16.5. The molecule has 0 radical (unpaired) electrons. The molecule has 3 aromatic rings. The molecule has 2 N–H and O–H groups in total. The molecule has 0 unspecified atom stereocenters. The average molecular weight is 389 g/mol. The molecule has 6 heteroatoms. The summed E-state index contributed by atoms with van der Waals surface area (Å²) in [6, 6.07) is 21.5. The Bertz CT molecular complexity index is 1030. The zero-order valence-electron chi connectivity index (χ0n) is 16.1. The van der Waals surface area contributed by atoms with Gasteiger partial charge in [0.25, 0.3) is 5.91 Å². The summed E-state index contributed by atoms with van der Waals surface area (Å²) in [6.45, 7) is 1.74. The number of carbonyl (C=O) groups is 2. The SMILES string of the molecule is O=C(NCCN1Cc2ccccc2OCC1=O)NCc1cccc2ccccc12. The average Bonchev–Trinajstić information content (AvgIpc) is 2.91. The Morgan fingerprint density at radius 2 is 1.76 bits per heavy atom. The van der Waals surface area contributed by atoms with E-state index in [2.05, 4.69) is 28.8 Å². The minimum absolute atomic E-state index is 0.0181. The van der Waals surface area contributed by atoms with E-state index in [1.165, 1.54) is 0 Å². The molecular formula is C23H23N3O3. The van der Waals surface area contributed by atoms with Crippen molar-refractivity contribution in [3.8, 4) is 5.75 Å². The van der Waals surface area contributed by atoms with Gasteiger partial charge in [0.05, 0.1) is 0 Å². The molecule has 1 aliphatic heterocycles. The lowest BCUT2D eigenvalue weighted by atomic mass is 10.0. The van der Waals surface area contributed by atoms with Crippen LogP contribution < -0.4 is 15.4 Å². The minimum Gasteiger partial charge on any atom is -0.483 e. The number of carbonyl (C=O) groups excluding carboxylic acids is 2. The second kappa shape index (κ2) is 8.65. The van der Waals surface area contributed by atoms with E-state index in [1.54, 1.807) is 4.90 Å². The Kier molecular flexibility index (Phi) is 5.61. The van der Waals surface area contributed by atoms with Crippen LogP contribution in [-0.4, -0.2) is 36.5 Å². The Hall–Kier alpha value is -3.54. The third-order valence-corrected chi connectivity index (χ3v) is 5.02. The predicted molar refractivity (Wildman–Crippen MR) is 112 cm³/mol. The van der Waals surface area contributed by atoms with E-state index in [1.807, 2.05) is 48.5 Å². The number of hydrogen-bond acceptors (Lipinski definition) is 3. The molecule has 3 aromatic carbocycles.